The van der Waals surface area contributed by atoms with Crippen LogP contribution in [0.15, 0.2) is 0 Å². The van der Waals surface area contributed by atoms with Crippen molar-refractivity contribution >= 4 is 17.8 Å². The summed E-state index contributed by atoms with van der Waals surface area (Å²) in [6.45, 7) is 6.60. The zero-order chi connectivity index (χ0) is 19.6. The number of hydrogen-bond donors (Lipinski definition) is 0. The van der Waals surface area contributed by atoms with Crippen LogP contribution in [0.5, 0.6) is 0 Å². The quantitative estimate of drug-likeness (QED) is 0.698. The van der Waals surface area contributed by atoms with Crippen LogP contribution in [-0.2, 0) is 14.3 Å². The van der Waals surface area contributed by atoms with Gasteiger partial charge in [-0.1, -0.05) is 0 Å². The van der Waals surface area contributed by atoms with Crippen LogP contribution in [0.4, 0.5) is 4.79 Å². The number of hydrogen-bond acceptors (Lipinski definition) is 4. The van der Waals surface area contributed by atoms with Gasteiger partial charge in [0.1, 0.15) is 0 Å². The van der Waals surface area contributed by atoms with Crippen molar-refractivity contribution in [3.8, 4) is 0 Å². The lowest BCUT2D eigenvalue weighted by Crippen LogP contribution is -2.48. The minimum Gasteiger partial charge on any atom is -0.381 e. The molecule has 0 bridgehead atoms. The average molecular weight is 380 g/mol. The molecule has 0 aromatic carbocycles. The number of rotatable bonds is 2. The van der Waals surface area contributed by atoms with Crippen LogP contribution in [0.25, 0.3) is 0 Å². The zero-order valence-corrected chi connectivity index (χ0v) is 16.8. The highest BCUT2D eigenvalue weighted by Gasteiger charge is 2.48. The second kappa shape index (κ2) is 8.04. The largest absolute Gasteiger partial charge is 0.381 e. The Labute approximate surface area is 161 Å². The Morgan fingerprint density at radius 3 is 2.33 bits per heavy atom. The standard InChI is InChI=1S/C19H32N4O4/c1-4-21-12-19(11-16(21)24)13-22(17(25)15-5-9-27-10-6-15)7-8-23(14-19)18(26)20(2)3/h15H,4-14H2,1-3H3/t19-/m1/s1. The molecular formula is C19H32N4O4. The molecule has 0 aromatic rings. The number of urea groups is 1. The maximum absolute atomic E-state index is 13.1. The van der Waals surface area contributed by atoms with Gasteiger partial charge in [-0.3, -0.25) is 9.59 Å². The monoisotopic (exact) mass is 380 g/mol. The van der Waals surface area contributed by atoms with Crippen LogP contribution in [0.3, 0.4) is 0 Å². The van der Waals surface area contributed by atoms with Gasteiger partial charge in [0.25, 0.3) is 0 Å². The molecule has 3 heterocycles. The zero-order valence-electron chi connectivity index (χ0n) is 16.8. The van der Waals surface area contributed by atoms with E-state index in [2.05, 4.69) is 0 Å². The molecule has 0 radical (unpaired) electrons. The first-order valence-corrected chi connectivity index (χ1v) is 9.96. The molecule has 3 aliphatic heterocycles. The van der Waals surface area contributed by atoms with E-state index in [0.717, 1.165) is 12.8 Å². The van der Waals surface area contributed by atoms with Crippen molar-refractivity contribution in [3.05, 3.63) is 0 Å². The summed E-state index contributed by atoms with van der Waals surface area (Å²) in [6, 6.07) is -0.0582. The van der Waals surface area contributed by atoms with E-state index >= 15 is 0 Å². The lowest BCUT2D eigenvalue weighted by molar-refractivity contribution is -0.139. The fraction of sp³-hybridized carbons (Fsp3) is 0.842. The number of likely N-dealkylation sites (tertiary alicyclic amines) is 1. The van der Waals surface area contributed by atoms with Crippen LogP contribution in [0, 0.1) is 11.3 Å². The Bertz CT molecular complexity index is 590. The van der Waals surface area contributed by atoms with Crippen molar-refractivity contribution in [2.75, 3.05) is 66.6 Å². The van der Waals surface area contributed by atoms with Gasteiger partial charge in [0.05, 0.1) is 0 Å². The Kier molecular flexibility index (Phi) is 5.93. The van der Waals surface area contributed by atoms with E-state index in [4.69, 9.17) is 4.74 Å². The molecule has 3 rings (SSSR count). The van der Waals surface area contributed by atoms with Gasteiger partial charge in [0.2, 0.25) is 11.8 Å². The molecule has 152 valence electrons. The molecule has 4 amide bonds. The van der Waals surface area contributed by atoms with Crippen molar-refractivity contribution in [3.63, 3.8) is 0 Å². The van der Waals surface area contributed by atoms with E-state index in [1.807, 2.05) is 21.6 Å². The molecule has 27 heavy (non-hydrogen) atoms. The second-order valence-corrected chi connectivity index (χ2v) is 8.33. The highest BCUT2D eigenvalue weighted by molar-refractivity contribution is 5.82. The van der Waals surface area contributed by atoms with Gasteiger partial charge in [0.15, 0.2) is 0 Å². The fourth-order valence-corrected chi connectivity index (χ4v) is 4.58. The van der Waals surface area contributed by atoms with Gasteiger partial charge in [0, 0.05) is 84.3 Å². The van der Waals surface area contributed by atoms with Gasteiger partial charge in [-0.2, -0.15) is 0 Å². The molecule has 1 spiro atoms. The van der Waals surface area contributed by atoms with Gasteiger partial charge in [-0.15, -0.1) is 0 Å². The Morgan fingerprint density at radius 2 is 1.74 bits per heavy atom. The Hall–Kier alpha value is -1.83. The SMILES string of the molecule is CCN1C[C@]2(CC1=O)CN(C(=O)C1CCOCC1)CCN(C(=O)N(C)C)C2. The van der Waals surface area contributed by atoms with Gasteiger partial charge in [-0.05, 0) is 19.8 Å². The third-order valence-corrected chi connectivity index (χ3v) is 6.01. The predicted octanol–water partition coefficient (Wildman–Crippen LogP) is 0.477. The normalized spacial score (nSPS) is 27.2. The highest BCUT2D eigenvalue weighted by atomic mass is 16.5. The van der Waals surface area contributed by atoms with E-state index in [1.165, 1.54) is 0 Å². The summed E-state index contributed by atoms with van der Waals surface area (Å²) in [7, 11) is 3.48. The third-order valence-electron chi connectivity index (χ3n) is 6.01. The topological polar surface area (TPSA) is 73.4 Å². The maximum Gasteiger partial charge on any atom is 0.319 e. The number of ether oxygens (including phenoxy) is 1. The third kappa shape index (κ3) is 4.20. The summed E-state index contributed by atoms with van der Waals surface area (Å²) >= 11 is 0. The lowest BCUT2D eigenvalue weighted by Gasteiger charge is -2.35. The van der Waals surface area contributed by atoms with E-state index in [1.54, 1.807) is 19.0 Å². The number of carbonyl (C=O) groups is 3. The average Bonchev–Trinajstić information content (AvgIpc) is 2.86. The Balaban J connectivity index is 1.82. The van der Waals surface area contributed by atoms with Gasteiger partial charge < -0.3 is 24.3 Å². The molecule has 8 nitrogen and oxygen atoms in total. The molecule has 8 heteroatoms. The van der Waals surface area contributed by atoms with Crippen molar-refractivity contribution in [1.29, 1.82) is 0 Å². The molecule has 0 N–H and O–H groups in total. The van der Waals surface area contributed by atoms with E-state index < -0.39 is 0 Å². The number of carbonyl (C=O) groups excluding carboxylic acids is 3. The summed E-state index contributed by atoms with van der Waals surface area (Å²) in [5, 5.41) is 0. The first-order chi connectivity index (χ1) is 12.8. The minimum absolute atomic E-state index is 0.00807. The lowest BCUT2D eigenvalue weighted by atomic mass is 9.85. The van der Waals surface area contributed by atoms with E-state index in [-0.39, 0.29) is 29.2 Å². The molecule has 3 aliphatic rings. The number of amides is 4. The molecule has 0 aromatic heterocycles. The van der Waals surface area contributed by atoms with E-state index in [0.29, 0.717) is 58.9 Å². The summed E-state index contributed by atoms with van der Waals surface area (Å²) in [4.78, 5) is 45.4. The Morgan fingerprint density at radius 1 is 1.11 bits per heavy atom. The molecule has 0 saturated carbocycles. The fourth-order valence-electron chi connectivity index (χ4n) is 4.58. The van der Waals surface area contributed by atoms with Crippen LogP contribution in [0.1, 0.15) is 26.2 Å². The first kappa shape index (κ1) is 19.9. The number of nitrogens with zero attached hydrogens (tertiary/aromatic N) is 4. The van der Waals surface area contributed by atoms with Crippen LogP contribution < -0.4 is 0 Å². The van der Waals surface area contributed by atoms with Crippen LogP contribution in [0.2, 0.25) is 0 Å². The van der Waals surface area contributed by atoms with Gasteiger partial charge >= 0.3 is 6.03 Å². The molecule has 3 fully saturated rings. The van der Waals surface area contributed by atoms with Crippen molar-refractivity contribution in [2.45, 2.75) is 26.2 Å². The van der Waals surface area contributed by atoms with Crippen LogP contribution >= 0.6 is 0 Å². The summed E-state index contributed by atoms with van der Waals surface area (Å²) in [5.74, 6) is 0.264. The van der Waals surface area contributed by atoms with Crippen molar-refractivity contribution < 1.29 is 19.1 Å². The molecule has 1 atom stereocenters. The molecule has 0 unspecified atom stereocenters. The predicted molar refractivity (Wildman–Crippen MR) is 100 cm³/mol. The molecule has 3 saturated heterocycles. The summed E-state index contributed by atoms with van der Waals surface area (Å²) in [6.07, 6.45) is 1.90. The highest BCUT2D eigenvalue weighted by Crippen LogP contribution is 2.36. The summed E-state index contributed by atoms with van der Waals surface area (Å²) < 4.78 is 5.39. The summed E-state index contributed by atoms with van der Waals surface area (Å²) in [5.41, 5.74) is -0.379. The van der Waals surface area contributed by atoms with Gasteiger partial charge in [-0.25, -0.2) is 4.79 Å². The van der Waals surface area contributed by atoms with E-state index in [9.17, 15) is 14.4 Å². The molecule has 0 aliphatic carbocycles. The maximum atomic E-state index is 13.1. The van der Waals surface area contributed by atoms with Crippen molar-refractivity contribution in [2.24, 2.45) is 11.3 Å². The second-order valence-electron chi connectivity index (χ2n) is 8.33. The minimum atomic E-state index is -0.379. The molecular weight excluding hydrogens is 348 g/mol. The first-order valence-electron chi connectivity index (χ1n) is 9.96. The smallest absolute Gasteiger partial charge is 0.319 e. The van der Waals surface area contributed by atoms with Crippen LogP contribution in [-0.4, -0.2) is 104 Å². The van der Waals surface area contributed by atoms with Crippen molar-refractivity contribution in [1.82, 2.24) is 19.6 Å².